The van der Waals surface area contributed by atoms with E-state index in [2.05, 4.69) is 19.1 Å². The Labute approximate surface area is 73.3 Å². The van der Waals surface area contributed by atoms with Gasteiger partial charge in [0.05, 0.1) is 0 Å². The summed E-state index contributed by atoms with van der Waals surface area (Å²) >= 11 is 0. The molecule has 1 aliphatic carbocycles. The van der Waals surface area contributed by atoms with Crippen molar-refractivity contribution < 1.29 is 9.90 Å². The van der Waals surface area contributed by atoms with Gasteiger partial charge in [-0.3, -0.25) is 4.79 Å². The molecule has 0 aromatic heterocycles. The van der Waals surface area contributed by atoms with Crippen molar-refractivity contribution in [3.8, 4) is 0 Å². The van der Waals surface area contributed by atoms with Crippen molar-refractivity contribution in [1.29, 1.82) is 0 Å². The third-order valence-electron chi connectivity index (χ3n) is 2.38. The first kappa shape index (κ1) is 9.30. The number of carboxylic acids is 1. The number of rotatable bonds is 3. The van der Waals surface area contributed by atoms with E-state index in [4.69, 9.17) is 5.11 Å². The summed E-state index contributed by atoms with van der Waals surface area (Å²) in [7, 11) is 0. The molecular weight excluding hydrogens is 152 g/mol. The molecule has 0 saturated carbocycles. The summed E-state index contributed by atoms with van der Waals surface area (Å²) in [6.07, 6.45) is 7.77. The van der Waals surface area contributed by atoms with E-state index in [1.54, 1.807) is 0 Å². The average molecular weight is 168 g/mol. The smallest absolute Gasteiger partial charge is 0.303 e. The molecule has 0 radical (unpaired) electrons. The highest BCUT2D eigenvalue weighted by Crippen LogP contribution is 2.25. The Hall–Kier alpha value is -0.790. The molecule has 68 valence electrons. The van der Waals surface area contributed by atoms with Gasteiger partial charge in [-0.25, -0.2) is 0 Å². The van der Waals surface area contributed by atoms with Crippen LogP contribution in [-0.4, -0.2) is 11.1 Å². The topological polar surface area (TPSA) is 37.3 Å². The van der Waals surface area contributed by atoms with Crippen LogP contribution in [0, 0.1) is 11.8 Å². The SMILES string of the molecule is C[C@H]1CC=C[C@@H](CCC(=O)O)C1. The highest BCUT2D eigenvalue weighted by Gasteiger charge is 2.14. The fraction of sp³-hybridized carbons (Fsp3) is 0.700. The molecule has 2 heteroatoms. The Kier molecular flexibility index (Phi) is 3.32. The second kappa shape index (κ2) is 4.29. The monoisotopic (exact) mass is 168 g/mol. The number of carbonyl (C=O) groups is 1. The molecule has 1 N–H and O–H groups in total. The molecule has 1 rings (SSSR count). The van der Waals surface area contributed by atoms with Crippen molar-refractivity contribution >= 4 is 5.97 Å². The van der Waals surface area contributed by atoms with Crippen LogP contribution in [0.15, 0.2) is 12.2 Å². The molecular formula is C10H16O2. The van der Waals surface area contributed by atoms with E-state index in [1.165, 1.54) is 0 Å². The molecule has 2 nitrogen and oxygen atoms in total. The van der Waals surface area contributed by atoms with E-state index in [0.29, 0.717) is 12.3 Å². The first-order valence-corrected chi connectivity index (χ1v) is 4.57. The van der Waals surface area contributed by atoms with E-state index in [1.807, 2.05) is 0 Å². The second-order valence-corrected chi connectivity index (χ2v) is 3.70. The van der Waals surface area contributed by atoms with Crippen molar-refractivity contribution in [2.24, 2.45) is 11.8 Å². The van der Waals surface area contributed by atoms with Gasteiger partial charge in [0.25, 0.3) is 0 Å². The third kappa shape index (κ3) is 3.07. The van der Waals surface area contributed by atoms with Crippen LogP contribution in [0.4, 0.5) is 0 Å². The van der Waals surface area contributed by atoms with Gasteiger partial charge in [0.2, 0.25) is 0 Å². The number of hydrogen-bond acceptors (Lipinski definition) is 1. The predicted molar refractivity (Wildman–Crippen MR) is 47.9 cm³/mol. The van der Waals surface area contributed by atoms with E-state index in [-0.39, 0.29) is 0 Å². The predicted octanol–water partition coefficient (Wildman–Crippen LogP) is 2.45. The number of carboxylic acid groups (broad SMARTS) is 1. The number of allylic oxidation sites excluding steroid dienone is 2. The van der Waals surface area contributed by atoms with Crippen LogP contribution in [0.2, 0.25) is 0 Å². The molecule has 0 aliphatic heterocycles. The summed E-state index contributed by atoms with van der Waals surface area (Å²) in [5, 5.41) is 8.49. The van der Waals surface area contributed by atoms with Crippen LogP contribution in [0.1, 0.15) is 32.6 Å². The van der Waals surface area contributed by atoms with Gasteiger partial charge < -0.3 is 5.11 Å². The van der Waals surface area contributed by atoms with Gasteiger partial charge in [0.1, 0.15) is 0 Å². The summed E-state index contributed by atoms with van der Waals surface area (Å²) in [5.41, 5.74) is 0. The molecule has 0 fully saturated rings. The molecule has 1 aliphatic rings. The average Bonchev–Trinajstić information content (AvgIpc) is 2.01. The third-order valence-corrected chi connectivity index (χ3v) is 2.38. The standard InChI is InChI=1S/C10H16O2/c1-8-3-2-4-9(7-8)5-6-10(11)12/h2,4,8-9H,3,5-7H2,1H3,(H,11,12)/t8-,9-/m0/s1. The van der Waals surface area contributed by atoms with E-state index < -0.39 is 5.97 Å². The van der Waals surface area contributed by atoms with E-state index >= 15 is 0 Å². The van der Waals surface area contributed by atoms with Gasteiger partial charge in [0, 0.05) is 6.42 Å². The normalized spacial score (nSPS) is 28.8. The Morgan fingerprint density at radius 1 is 1.67 bits per heavy atom. The molecule has 2 atom stereocenters. The Morgan fingerprint density at radius 2 is 2.42 bits per heavy atom. The number of aliphatic carboxylic acids is 1. The van der Waals surface area contributed by atoms with Gasteiger partial charge in [-0.15, -0.1) is 0 Å². The highest BCUT2D eigenvalue weighted by atomic mass is 16.4. The van der Waals surface area contributed by atoms with Gasteiger partial charge in [-0.1, -0.05) is 19.1 Å². The quantitative estimate of drug-likeness (QED) is 0.657. The van der Waals surface area contributed by atoms with Crippen LogP contribution >= 0.6 is 0 Å². The first-order chi connectivity index (χ1) is 5.68. The fourth-order valence-corrected chi connectivity index (χ4v) is 1.72. The lowest BCUT2D eigenvalue weighted by atomic mass is 9.85. The lowest BCUT2D eigenvalue weighted by Crippen LogP contribution is -2.10. The van der Waals surface area contributed by atoms with Gasteiger partial charge in [-0.2, -0.15) is 0 Å². The van der Waals surface area contributed by atoms with Gasteiger partial charge in [-0.05, 0) is 31.1 Å². The summed E-state index contributed by atoms with van der Waals surface area (Å²) in [5.74, 6) is 0.556. The summed E-state index contributed by atoms with van der Waals surface area (Å²) in [4.78, 5) is 10.3. The maximum atomic E-state index is 10.3. The van der Waals surface area contributed by atoms with Gasteiger partial charge in [0.15, 0.2) is 0 Å². The maximum absolute atomic E-state index is 10.3. The molecule has 0 heterocycles. The largest absolute Gasteiger partial charge is 0.481 e. The minimum Gasteiger partial charge on any atom is -0.481 e. The lowest BCUT2D eigenvalue weighted by Gasteiger charge is -2.20. The fourth-order valence-electron chi connectivity index (χ4n) is 1.72. The van der Waals surface area contributed by atoms with Crippen molar-refractivity contribution in [3.05, 3.63) is 12.2 Å². The van der Waals surface area contributed by atoms with E-state index in [0.717, 1.165) is 25.2 Å². The summed E-state index contributed by atoms with van der Waals surface area (Å²) < 4.78 is 0. The second-order valence-electron chi connectivity index (χ2n) is 3.70. The van der Waals surface area contributed by atoms with Crippen molar-refractivity contribution in [3.63, 3.8) is 0 Å². The molecule has 0 spiro atoms. The van der Waals surface area contributed by atoms with Crippen molar-refractivity contribution in [2.75, 3.05) is 0 Å². The van der Waals surface area contributed by atoms with Crippen LogP contribution in [0.3, 0.4) is 0 Å². The lowest BCUT2D eigenvalue weighted by molar-refractivity contribution is -0.137. The van der Waals surface area contributed by atoms with Crippen molar-refractivity contribution in [1.82, 2.24) is 0 Å². The summed E-state index contributed by atoms with van der Waals surface area (Å²) in [6.45, 7) is 2.22. The minimum absolute atomic E-state index is 0.307. The van der Waals surface area contributed by atoms with Crippen LogP contribution in [0.25, 0.3) is 0 Å². The molecule has 0 bridgehead atoms. The van der Waals surface area contributed by atoms with Gasteiger partial charge >= 0.3 is 5.97 Å². The minimum atomic E-state index is -0.679. The zero-order chi connectivity index (χ0) is 8.97. The Balaban J connectivity index is 2.28. The van der Waals surface area contributed by atoms with Crippen LogP contribution in [-0.2, 0) is 4.79 Å². The Bertz CT molecular complexity index is 184. The molecule has 12 heavy (non-hydrogen) atoms. The zero-order valence-electron chi connectivity index (χ0n) is 7.49. The first-order valence-electron chi connectivity index (χ1n) is 4.57. The molecule has 0 aromatic rings. The number of hydrogen-bond donors (Lipinski definition) is 1. The highest BCUT2D eigenvalue weighted by molar-refractivity contribution is 5.66. The van der Waals surface area contributed by atoms with Crippen LogP contribution < -0.4 is 0 Å². The maximum Gasteiger partial charge on any atom is 0.303 e. The molecule has 0 unspecified atom stereocenters. The van der Waals surface area contributed by atoms with E-state index in [9.17, 15) is 4.79 Å². The Morgan fingerprint density at radius 3 is 3.00 bits per heavy atom. The van der Waals surface area contributed by atoms with Crippen LogP contribution in [0.5, 0.6) is 0 Å². The van der Waals surface area contributed by atoms with Crippen molar-refractivity contribution in [2.45, 2.75) is 32.6 Å². The molecule has 0 saturated heterocycles. The molecule has 0 amide bonds. The zero-order valence-corrected chi connectivity index (χ0v) is 7.49. The molecule has 0 aromatic carbocycles. The summed E-state index contributed by atoms with van der Waals surface area (Å²) in [6, 6.07) is 0.